The van der Waals surface area contributed by atoms with Crippen LogP contribution in [0.5, 0.6) is 5.75 Å². The number of unbranched alkanes of at least 4 members (excludes halogenated alkanes) is 1. The standard InChI is InChI=1S/C53H81N11O13/c1-7-31(6)44(63-48(71)37(26-33-18-20-34(66)21-19-33)58-45(68)35(55)25-32-14-9-8-10-15-32)51(74)61-40(28-65)52(75)64-23-13-17-41(64)49(72)62-43(30(4)5)50(73)59-38(27-42(56)67)47(70)57-36(16-11-12-22-54)46(69)60-39(53(76)77)24-29(2)3/h8-10,14-15,18-21,29-31,35-41,43-44,65-66H,7,11-13,16-17,22-28,54-55H2,1-6H3,(H2,56,67)(H,57,70)(H,58,68)(H,59,73)(H,60,69)(H,61,74)(H,62,72)(H,63,71)(H,76,77)/t31-,35-,36-,37-,38-,39-,40-,41-,43-,44-/m0/s1. The zero-order chi connectivity index (χ0) is 57.5. The predicted octanol–water partition coefficient (Wildman–Crippen LogP) is -1.28. The van der Waals surface area contributed by atoms with Gasteiger partial charge in [0, 0.05) is 13.0 Å². The number of likely N-dealkylation sites (tertiary alicyclic amines) is 1. The average molecular weight is 1080 g/mol. The number of carbonyl (C=O) groups excluding carboxylic acids is 9. The largest absolute Gasteiger partial charge is 0.508 e. The van der Waals surface area contributed by atoms with Crippen LogP contribution in [0.4, 0.5) is 0 Å². The van der Waals surface area contributed by atoms with Gasteiger partial charge in [0.25, 0.3) is 0 Å². The minimum Gasteiger partial charge on any atom is -0.508 e. The van der Waals surface area contributed by atoms with E-state index in [1.54, 1.807) is 77.9 Å². The van der Waals surface area contributed by atoms with E-state index in [0.29, 0.717) is 31.2 Å². The first kappa shape index (κ1) is 64.1. The Morgan fingerprint density at radius 3 is 1.79 bits per heavy atom. The highest BCUT2D eigenvalue weighted by molar-refractivity contribution is 5.99. The summed E-state index contributed by atoms with van der Waals surface area (Å²) < 4.78 is 0. The van der Waals surface area contributed by atoms with Crippen LogP contribution in [-0.2, 0) is 60.8 Å². The summed E-state index contributed by atoms with van der Waals surface area (Å²) in [6.45, 7) is 9.56. The number of aliphatic hydroxyl groups is 1. The Labute approximate surface area is 449 Å². The van der Waals surface area contributed by atoms with Gasteiger partial charge in [0.05, 0.1) is 19.1 Å². The number of nitrogens with two attached hydrogens (primary N) is 3. The minimum absolute atomic E-state index is 0.0178. The van der Waals surface area contributed by atoms with Gasteiger partial charge in [0.15, 0.2) is 0 Å². The molecule has 10 atom stereocenters. The molecule has 1 aliphatic rings. The summed E-state index contributed by atoms with van der Waals surface area (Å²) in [5.41, 5.74) is 18.7. The molecule has 9 amide bonds. The fourth-order valence-corrected chi connectivity index (χ4v) is 8.68. The lowest BCUT2D eigenvalue weighted by Crippen LogP contribution is -2.62. The molecule has 0 saturated carbocycles. The molecule has 426 valence electrons. The number of primary amides is 1. The number of benzene rings is 2. The van der Waals surface area contributed by atoms with Crippen molar-refractivity contribution in [1.29, 1.82) is 0 Å². The van der Waals surface area contributed by atoms with E-state index in [4.69, 9.17) is 17.2 Å². The second-order valence-corrected chi connectivity index (χ2v) is 20.4. The number of aromatic hydroxyl groups is 1. The lowest BCUT2D eigenvalue weighted by Gasteiger charge is -2.32. The first-order valence-corrected chi connectivity index (χ1v) is 26.2. The van der Waals surface area contributed by atoms with Crippen LogP contribution in [0.2, 0.25) is 0 Å². The fraction of sp³-hybridized carbons (Fsp3) is 0.585. The molecule has 0 radical (unpaired) electrons. The van der Waals surface area contributed by atoms with Gasteiger partial charge in [-0.1, -0.05) is 90.4 Å². The van der Waals surface area contributed by atoms with Gasteiger partial charge in [0.2, 0.25) is 53.2 Å². The second kappa shape index (κ2) is 31.8. The average Bonchev–Trinajstić information content (AvgIpc) is 3.88. The number of phenolic OH excluding ortho intramolecular Hbond substituents is 1. The van der Waals surface area contributed by atoms with Crippen molar-refractivity contribution >= 4 is 59.1 Å². The van der Waals surface area contributed by atoms with Crippen LogP contribution >= 0.6 is 0 Å². The van der Waals surface area contributed by atoms with Crippen LogP contribution in [0.15, 0.2) is 54.6 Å². The highest BCUT2D eigenvalue weighted by atomic mass is 16.4. The maximum atomic E-state index is 14.2. The van der Waals surface area contributed by atoms with Crippen LogP contribution in [0.1, 0.15) is 104 Å². The van der Waals surface area contributed by atoms with E-state index in [1.165, 1.54) is 12.1 Å². The molecule has 1 fully saturated rings. The maximum Gasteiger partial charge on any atom is 0.326 e. The lowest BCUT2D eigenvalue weighted by molar-refractivity contribution is -0.144. The molecule has 0 spiro atoms. The van der Waals surface area contributed by atoms with E-state index < -0.39 is 138 Å². The Morgan fingerprint density at radius 1 is 0.662 bits per heavy atom. The Morgan fingerprint density at radius 2 is 1.22 bits per heavy atom. The highest BCUT2D eigenvalue weighted by Crippen LogP contribution is 2.21. The number of rotatable bonds is 32. The SMILES string of the molecule is CC[C@H](C)[C@H](NC(=O)[C@H](Cc1ccc(O)cc1)NC(=O)[C@@H](N)Cc1ccccc1)C(=O)N[C@@H](CO)C(=O)N1CCC[C@H]1C(=O)N[C@H](C(=O)N[C@@H](CC(N)=O)C(=O)N[C@@H](CCCCN)C(=O)N[C@@H](CC(C)C)C(=O)O)C(C)C. The fourth-order valence-electron chi connectivity index (χ4n) is 8.68. The number of carbonyl (C=O) groups is 10. The number of aliphatic carboxylic acids is 1. The molecular weight excluding hydrogens is 999 g/mol. The molecule has 16 N–H and O–H groups in total. The van der Waals surface area contributed by atoms with E-state index in [0.717, 1.165) is 10.5 Å². The summed E-state index contributed by atoms with van der Waals surface area (Å²) in [5.74, 6) is -10.2. The monoisotopic (exact) mass is 1080 g/mol. The molecule has 2 aromatic carbocycles. The van der Waals surface area contributed by atoms with Gasteiger partial charge in [-0.05, 0) is 92.5 Å². The van der Waals surface area contributed by atoms with Crippen molar-refractivity contribution < 1.29 is 63.3 Å². The lowest BCUT2D eigenvalue weighted by atomic mass is 9.96. The third kappa shape index (κ3) is 20.7. The molecule has 3 rings (SSSR count). The van der Waals surface area contributed by atoms with Crippen molar-refractivity contribution in [2.75, 3.05) is 19.7 Å². The van der Waals surface area contributed by atoms with E-state index in [2.05, 4.69) is 37.2 Å². The number of carboxylic acids is 1. The first-order valence-electron chi connectivity index (χ1n) is 26.2. The summed E-state index contributed by atoms with van der Waals surface area (Å²) >= 11 is 0. The molecule has 24 nitrogen and oxygen atoms in total. The molecule has 24 heteroatoms. The van der Waals surface area contributed by atoms with Crippen LogP contribution in [0.25, 0.3) is 0 Å². The van der Waals surface area contributed by atoms with Crippen molar-refractivity contribution in [1.82, 2.24) is 42.1 Å². The molecule has 0 unspecified atom stereocenters. The molecule has 0 aliphatic carbocycles. The topological polar surface area (TPSA) is 397 Å². The highest BCUT2D eigenvalue weighted by Gasteiger charge is 2.41. The van der Waals surface area contributed by atoms with Crippen molar-refractivity contribution in [2.45, 2.75) is 160 Å². The molecular formula is C53H81N11O13. The summed E-state index contributed by atoms with van der Waals surface area (Å²) in [4.78, 5) is 136. The Balaban J connectivity index is 1.78. The van der Waals surface area contributed by atoms with E-state index in [9.17, 15) is 63.3 Å². The predicted molar refractivity (Wildman–Crippen MR) is 283 cm³/mol. The number of hydrogen-bond acceptors (Lipinski definition) is 14. The van der Waals surface area contributed by atoms with Crippen molar-refractivity contribution in [3.8, 4) is 5.75 Å². The Bertz CT molecular complexity index is 2320. The number of nitrogens with zero attached hydrogens (tertiary/aromatic N) is 1. The number of hydrogen-bond donors (Lipinski definition) is 13. The minimum atomic E-state index is -1.65. The number of amides is 9. The van der Waals surface area contributed by atoms with E-state index in [1.807, 2.05) is 6.07 Å². The second-order valence-electron chi connectivity index (χ2n) is 20.4. The molecule has 0 aromatic heterocycles. The van der Waals surface area contributed by atoms with Crippen LogP contribution < -0.4 is 54.4 Å². The van der Waals surface area contributed by atoms with Crippen molar-refractivity contribution in [2.24, 2.45) is 35.0 Å². The van der Waals surface area contributed by atoms with Gasteiger partial charge in [-0.25, -0.2) is 4.79 Å². The molecule has 1 saturated heterocycles. The van der Waals surface area contributed by atoms with E-state index >= 15 is 0 Å². The molecule has 1 aliphatic heterocycles. The van der Waals surface area contributed by atoms with Crippen LogP contribution in [-0.4, -0.2) is 153 Å². The Kier molecular flexibility index (Phi) is 26.4. The molecule has 1 heterocycles. The number of nitrogens with one attached hydrogen (secondary N) is 7. The molecule has 77 heavy (non-hydrogen) atoms. The maximum absolute atomic E-state index is 14.2. The number of aliphatic hydroxyl groups excluding tert-OH is 1. The van der Waals surface area contributed by atoms with Gasteiger partial charge in [0.1, 0.15) is 54.1 Å². The third-order valence-electron chi connectivity index (χ3n) is 13.3. The van der Waals surface area contributed by atoms with Gasteiger partial charge < -0.3 is 74.6 Å². The summed E-state index contributed by atoms with van der Waals surface area (Å²) in [5, 5.41) is 48.1. The summed E-state index contributed by atoms with van der Waals surface area (Å²) in [6.07, 6.45) is 1.13. The first-order chi connectivity index (χ1) is 36.4. The smallest absolute Gasteiger partial charge is 0.326 e. The van der Waals surface area contributed by atoms with Crippen molar-refractivity contribution in [3.63, 3.8) is 0 Å². The van der Waals surface area contributed by atoms with E-state index in [-0.39, 0.29) is 56.9 Å². The third-order valence-corrected chi connectivity index (χ3v) is 13.3. The number of carboxylic acid groups (broad SMARTS) is 1. The zero-order valence-corrected chi connectivity index (χ0v) is 44.9. The summed E-state index contributed by atoms with van der Waals surface area (Å²) in [6, 6.07) is 3.02. The Hall–Kier alpha value is -7.18. The van der Waals surface area contributed by atoms with Crippen molar-refractivity contribution in [3.05, 3.63) is 65.7 Å². The van der Waals surface area contributed by atoms with Gasteiger partial charge >= 0.3 is 5.97 Å². The van der Waals surface area contributed by atoms with Gasteiger partial charge in [-0.15, -0.1) is 0 Å². The van der Waals surface area contributed by atoms with Crippen LogP contribution in [0.3, 0.4) is 0 Å². The molecule has 2 aromatic rings. The summed E-state index contributed by atoms with van der Waals surface area (Å²) in [7, 11) is 0. The molecule has 0 bridgehead atoms. The zero-order valence-electron chi connectivity index (χ0n) is 44.9. The van der Waals surface area contributed by atoms with Gasteiger partial charge in [-0.3, -0.25) is 43.2 Å². The quantitative estimate of drug-likeness (QED) is 0.0380. The normalized spacial score (nSPS) is 16.8. The van der Waals surface area contributed by atoms with Gasteiger partial charge in [-0.2, -0.15) is 0 Å². The number of phenols is 1. The van der Waals surface area contributed by atoms with Crippen LogP contribution in [0, 0.1) is 17.8 Å².